The summed E-state index contributed by atoms with van der Waals surface area (Å²) in [6.45, 7) is 8.11. The maximum atomic E-state index is 12.1. The normalized spacial score (nSPS) is 21.6. The molecule has 0 spiro atoms. The zero-order chi connectivity index (χ0) is 15.5. The second kappa shape index (κ2) is 6.43. The summed E-state index contributed by atoms with van der Waals surface area (Å²) in [7, 11) is 3.79. The molecule has 1 aliphatic heterocycles. The first-order valence-electron chi connectivity index (χ1n) is 7.04. The lowest BCUT2D eigenvalue weighted by Crippen LogP contribution is -2.53. The average molecular weight is 285 g/mol. The minimum Gasteiger partial charge on any atom is -0.480 e. The van der Waals surface area contributed by atoms with Gasteiger partial charge in [0.15, 0.2) is 0 Å². The molecule has 0 bridgehead atoms. The van der Waals surface area contributed by atoms with Gasteiger partial charge in [0.05, 0.1) is 0 Å². The molecule has 2 amide bonds. The third-order valence-corrected chi connectivity index (χ3v) is 3.75. The van der Waals surface area contributed by atoms with Crippen LogP contribution < -0.4 is 5.32 Å². The lowest BCUT2D eigenvalue weighted by molar-refractivity contribution is -0.142. The molecule has 0 radical (unpaired) electrons. The molecule has 1 saturated heterocycles. The summed E-state index contributed by atoms with van der Waals surface area (Å²) in [4.78, 5) is 27.2. The average Bonchev–Trinajstić information content (AvgIpc) is 2.69. The van der Waals surface area contributed by atoms with E-state index >= 15 is 0 Å². The van der Waals surface area contributed by atoms with Crippen LogP contribution in [0.15, 0.2) is 0 Å². The SMILES string of the molecule is CN1CCC(CN(C)C(=O)N[C@@H](C(=O)O)C(C)(C)C)C1. The highest BCUT2D eigenvalue weighted by atomic mass is 16.4. The number of likely N-dealkylation sites (tertiary alicyclic amines) is 1. The number of carboxylic acids is 1. The molecule has 0 aromatic carbocycles. The summed E-state index contributed by atoms with van der Waals surface area (Å²) in [5, 5.41) is 11.8. The summed E-state index contributed by atoms with van der Waals surface area (Å²) in [5.74, 6) is -0.534. The topological polar surface area (TPSA) is 72.9 Å². The molecule has 0 aromatic heterocycles. The highest BCUT2D eigenvalue weighted by Crippen LogP contribution is 2.20. The molecule has 0 aromatic rings. The molecule has 2 N–H and O–H groups in total. The van der Waals surface area contributed by atoms with Gasteiger partial charge in [-0.25, -0.2) is 9.59 Å². The molecule has 6 nitrogen and oxygen atoms in total. The van der Waals surface area contributed by atoms with Gasteiger partial charge in [0.2, 0.25) is 0 Å². The van der Waals surface area contributed by atoms with Crippen molar-refractivity contribution in [3.05, 3.63) is 0 Å². The monoisotopic (exact) mass is 285 g/mol. The predicted molar refractivity (Wildman–Crippen MR) is 77.6 cm³/mol. The number of carbonyl (C=O) groups is 2. The van der Waals surface area contributed by atoms with Crippen molar-refractivity contribution in [1.29, 1.82) is 0 Å². The van der Waals surface area contributed by atoms with Gasteiger partial charge in [-0.15, -0.1) is 0 Å². The van der Waals surface area contributed by atoms with E-state index in [1.165, 1.54) is 0 Å². The number of hydrogen-bond acceptors (Lipinski definition) is 3. The van der Waals surface area contributed by atoms with Crippen LogP contribution in [0, 0.1) is 11.3 Å². The van der Waals surface area contributed by atoms with Crippen molar-refractivity contribution in [2.24, 2.45) is 11.3 Å². The van der Waals surface area contributed by atoms with Crippen LogP contribution in [0.1, 0.15) is 27.2 Å². The van der Waals surface area contributed by atoms with E-state index in [4.69, 9.17) is 0 Å². The van der Waals surface area contributed by atoms with Crippen LogP contribution in [0.5, 0.6) is 0 Å². The highest BCUT2D eigenvalue weighted by Gasteiger charge is 2.33. The van der Waals surface area contributed by atoms with Crippen molar-refractivity contribution >= 4 is 12.0 Å². The summed E-state index contributed by atoms with van der Waals surface area (Å²) >= 11 is 0. The Morgan fingerprint density at radius 3 is 2.45 bits per heavy atom. The molecular formula is C14H27N3O3. The number of carbonyl (C=O) groups excluding carboxylic acids is 1. The van der Waals surface area contributed by atoms with Crippen LogP contribution in [-0.4, -0.2) is 66.7 Å². The van der Waals surface area contributed by atoms with Crippen LogP contribution in [0.25, 0.3) is 0 Å². The number of amides is 2. The van der Waals surface area contributed by atoms with Crippen molar-refractivity contribution in [3.8, 4) is 0 Å². The molecule has 0 saturated carbocycles. The van der Waals surface area contributed by atoms with Gasteiger partial charge in [-0.3, -0.25) is 0 Å². The number of hydrogen-bond donors (Lipinski definition) is 2. The zero-order valence-electron chi connectivity index (χ0n) is 13.1. The first-order chi connectivity index (χ1) is 9.11. The van der Waals surface area contributed by atoms with Gasteiger partial charge < -0.3 is 20.2 Å². The Balaban J connectivity index is 2.54. The number of nitrogens with one attached hydrogen (secondary N) is 1. The molecule has 20 heavy (non-hydrogen) atoms. The van der Waals surface area contributed by atoms with Crippen LogP contribution >= 0.6 is 0 Å². The van der Waals surface area contributed by atoms with Gasteiger partial charge in [-0.2, -0.15) is 0 Å². The molecule has 1 rings (SSSR count). The van der Waals surface area contributed by atoms with E-state index in [-0.39, 0.29) is 6.03 Å². The maximum Gasteiger partial charge on any atom is 0.326 e. The van der Waals surface area contributed by atoms with E-state index in [0.29, 0.717) is 12.5 Å². The van der Waals surface area contributed by atoms with Gasteiger partial charge >= 0.3 is 12.0 Å². The van der Waals surface area contributed by atoms with Crippen molar-refractivity contribution < 1.29 is 14.7 Å². The summed E-state index contributed by atoms with van der Waals surface area (Å²) in [6.07, 6.45) is 1.08. The second-order valence-corrected chi connectivity index (χ2v) is 6.88. The standard InChI is InChI=1S/C14H27N3O3/c1-14(2,3)11(12(18)19)15-13(20)17(5)9-10-6-7-16(4)8-10/h10-11H,6-9H2,1-5H3,(H,15,20)(H,18,19)/t10?,11-/m0/s1. The molecule has 1 unspecified atom stereocenters. The van der Waals surface area contributed by atoms with E-state index < -0.39 is 17.4 Å². The molecule has 116 valence electrons. The van der Waals surface area contributed by atoms with E-state index in [1.807, 2.05) is 0 Å². The van der Waals surface area contributed by atoms with E-state index in [1.54, 1.807) is 32.7 Å². The molecule has 1 aliphatic rings. The number of nitrogens with zero attached hydrogens (tertiary/aromatic N) is 2. The summed E-state index contributed by atoms with van der Waals surface area (Å²) < 4.78 is 0. The van der Waals surface area contributed by atoms with Crippen LogP contribution in [0.4, 0.5) is 4.79 Å². The highest BCUT2D eigenvalue weighted by molar-refractivity contribution is 5.83. The van der Waals surface area contributed by atoms with E-state index in [0.717, 1.165) is 19.5 Å². The molecule has 1 heterocycles. The van der Waals surface area contributed by atoms with Crippen molar-refractivity contribution in [2.75, 3.05) is 33.7 Å². The first kappa shape index (κ1) is 16.8. The molecule has 1 fully saturated rings. The number of carboxylic acid groups (broad SMARTS) is 1. The largest absolute Gasteiger partial charge is 0.480 e. The van der Waals surface area contributed by atoms with Gasteiger partial charge in [-0.1, -0.05) is 20.8 Å². The minimum atomic E-state index is -1.00. The molecule has 0 aliphatic carbocycles. The van der Waals surface area contributed by atoms with Crippen molar-refractivity contribution in [1.82, 2.24) is 15.1 Å². The lowest BCUT2D eigenvalue weighted by Gasteiger charge is -2.30. The van der Waals surface area contributed by atoms with Crippen LogP contribution in [0.2, 0.25) is 0 Å². The van der Waals surface area contributed by atoms with E-state index in [2.05, 4.69) is 17.3 Å². The number of rotatable bonds is 4. The van der Waals surface area contributed by atoms with Crippen LogP contribution in [0.3, 0.4) is 0 Å². The Morgan fingerprint density at radius 2 is 2.05 bits per heavy atom. The van der Waals surface area contributed by atoms with Gasteiger partial charge in [0.25, 0.3) is 0 Å². The number of aliphatic carboxylic acids is 1. The van der Waals surface area contributed by atoms with Gasteiger partial charge in [0.1, 0.15) is 6.04 Å². The zero-order valence-corrected chi connectivity index (χ0v) is 13.1. The summed E-state index contributed by atoms with van der Waals surface area (Å²) in [5.41, 5.74) is -0.518. The Labute approximate surface area is 121 Å². The first-order valence-corrected chi connectivity index (χ1v) is 7.04. The fourth-order valence-electron chi connectivity index (χ4n) is 2.53. The van der Waals surface area contributed by atoms with Crippen LogP contribution in [-0.2, 0) is 4.79 Å². The van der Waals surface area contributed by atoms with E-state index in [9.17, 15) is 14.7 Å². The lowest BCUT2D eigenvalue weighted by atomic mass is 9.87. The van der Waals surface area contributed by atoms with Crippen molar-refractivity contribution in [2.45, 2.75) is 33.2 Å². The Hall–Kier alpha value is -1.30. The third-order valence-electron chi connectivity index (χ3n) is 3.75. The van der Waals surface area contributed by atoms with Gasteiger partial charge in [0, 0.05) is 20.1 Å². The maximum absolute atomic E-state index is 12.1. The Bertz CT molecular complexity index is 365. The quantitative estimate of drug-likeness (QED) is 0.810. The summed E-state index contributed by atoms with van der Waals surface area (Å²) in [6, 6.07) is -1.20. The fraction of sp³-hybridized carbons (Fsp3) is 0.857. The second-order valence-electron chi connectivity index (χ2n) is 6.88. The Morgan fingerprint density at radius 1 is 1.45 bits per heavy atom. The molecular weight excluding hydrogens is 258 g/mol. The van der Waals surface area contributed by atoms with Gasteiger partial charge in [-0.05, 0) is 31.3 Å². The Kier molecular flexibility index (Phi) is 5.39. The third kappa shape index (κ3) is 4.67. The minimum absolute atomic E-state index is 0.318. The predicted octanol–water partition coefficient (Wildman–Crippen LogP) is 1.08. The smallest absolute Gasteiger partial charge is 0.326 e. The molecule has 2 atom stereocenters. The molecule has 6 heteroatoms. The number of urea groups is 1. The fourth-order valence-corrected chi connectivity index (χ4v) is 2.53. The van der Waals surface area contributed by atoms with Crippen molar-refractivity contribution in [3.63, 3.8) is 0 Å².